The fourth-order valence-electron chi connectivity index (χ4n) is 4.32. The van der Waals surface area contributed by atoms with Gasteiger partial charge in [0.25, 0.3) is 0 Å². The number of phenolic OH excluding ortho intramolecular Hbond substituents is 1. The largest absolute Gasteiger partial charge is 0.507 e. The van der Waals surface area contributed by atoms with Crippen molar-refractivity contribution in [1.82, 2.24) is 14.9 Å². The summed E-state index contributed by atoms with van der Waals surface area (Å²) in [7, 11) is 2.14. The lowest BCUT2D eigenvalue weighted by atomic mass is 9.98. The van der Waals surface area contributed by atoms with Crippen molar-refractivity contribution < 1.29 is 9.84 Å². The highest BCUT2D eigenvalue weighted by atomic mass is 16.5. The average molecular weight is 414 g/mol. The number of aromatic amines is 1. The second-order valence-corrected chi connectivity index (χ2v) is 8.27. The first-order chi connectivity index (χ1) is 15.2. The zero-order valence-electron chi connectivity index (χ0n) is 17.7. The molecule has 0 amide bonds. The van der Waals surface area contributed by atoms with Gasteiger partial charge in [0.15, 0.2) is 0 Å². The maximum absolute atomic E-state index is 11.3. The predicted molar refractivity (Wildman–Crippen MR) is 123 cm³/mol. The van der Waals surface area contributed by atoms with Crippen molar-refractivity contribution in [3.8, 4) is 16.9 Å². The van der Waals surface area contributed by atoms with Crippen LogP contribution in [-0.4, -0.2) is 46.2 Å². The Balaban J connectivity index is 1.57. The third-order valence-corrected chi connectivity index (χ3v) is 6.08. The van der Waals surface area contributed by atoms with Crippen LogP contribution in [0.25, 0.3) is 22.2 Å². The molecule has 1 aromatic heterocycles. The molecule has 5 nitrogen and oxygen atoms in total. The van der Waals surface area contributed by atoms with Crippen LogP contribution in [0.15, 0.2) is 72.8 Å². The normalized spacial score (nSPS) is 16.5. The highest BCUT2D eigenvalue weighted by Gasteiger charge is 2.28. The molecule has 3 aromatic carbocycles. The van der Waals surface area contributed by atoms with E-state index in [4.69, 9.17) is 9.72 Å². The molecule has 1 fully saturated rings. The van der Waals surface area contributed by atoms with Crippen molar-refractivity contribution in [2.75, 3.05) is 20.1 Å². The van der Waals surface area contributed by atoms with Crippen LogP contribution in [0, 0.1) is 0 Å². The molecule has 158 valence electrons. The Kier molecular flexibility index (Phi) is 5.45. The summed E-state index contributed by atoms with van der Waals surface area (Å²) >= 11 is 0. The minimum atomic E-state index is -0.468. The number of likely N-dealkylation sites (tertiary alicyclic amines) is 1. The number of phenols is 1. The number of rotatable bonds is 5. The molecule has 2 heterocycles. The monoisotopic (exact) mass is 413 g/mol. The molecule has 0 aliphatic carbocycles. The van der Waals surface area contributed by atoms with E-state index in [9.17, 15) is 5.11 Å². The molecule has 1 atom stereocenters. The van der Waals surface area contributed by atoms with Gasteiger partial charge in [-0.2, -0.15) is 0 Å². The second-order valence-electron chi connectivity index (χ2n) is 8.27. The van der Waals surface area contributed by atoms with Gasteiger partial charge in [-0.1, -0.05) is 60.7 Å². The number of imidazole rings is 1. The van der Waals surface area contributed by atoms with Crippen molar-refractivity contribution in [2.45, 2.75) is 25.0 Å². The Bertz CT molecular complexity index is 1130. The maximum Gasteiger partial charge on any atom is 0.144 e. The fourth-order valence-corrected chi connectivity index (χ4v) is 4.32. The van der Waals surface area contributed by atoms with Crippen LogP contribution in [0.4, 0.5) is 0 Å². The van der Waals surface area contributed by atoms with Crippen LogP contribution in [-0.2, 0) is 4.74 Å². The number of fused-ring (bicyclic) bond motifs is 1. The molecule has 0 spiro atoms. The lowest BCUT2D eigenvalue weighted by molar-refractivity contribution is -0.0271. The SMILES string of the molecule is CN1CCC(OC(c2nc3ccccc3[nH]2)c2cccc(-c3ccccc3)c2O)CC1. The van der Waals surface area contributed by atoms with Crippen LogP contribution in [0.3, 0.4) is 0 Å². The van der Waals surface area contributed by atoms with Crippen LogP contribution in [0.1, 0.15) is 30.3 Å². The van der Waals surface area contributed by atoms with Crippen molar-refractivity contribution in [3.63, 3.8) is 0 Å². The summed E-state index contributed by atoms with van der Waals surface area (Å²) in [5, 5.41) is 11.3. The first-order valence-electron chi connectivity index (χ1n) is 10.8. The molecule has 0 saturated carbocycles. The van der Waals surface area contributed by atoms with Crippen molar-refractivity contribution in [1.29, 1.82) is 0 Å². The third kappa shape index (κ3) is 4.07. The van der Waals surface area contributed by atoms with Gasteiger partial charge in [0, 0.05) is 24.2 Å². The smallest absolute Gasteiger partial charge is 0.144 e. The van der Waals surface area contributed by atoms with Crippen molar-refractivity contribution in [2.24, 2.45) is 0 Å². The molecule has 2 N–H and O–H groups in total. The molecular weight excluding hydrogens is 386 g/mol. The Morgan fingerprint density at radius 1 is 0.968 bits per heavy atom. The van der Waals surface area contributed by atoms with Crippen molar-refractivity contribution in [3.05, 3.63) is 84.2 Å². The Labute approximate surface area is 182 Å². The zero-order valence-corrected chi connectivity index (χ0v) is 17.7. The van der Waals surface area contributed by atoms with E-state index >= 15 is 0 Å². The topological polar surface area (TPSA) is 61.4 Å². The number of hydrogen-bond donors (Lipinski definition) is 2. The molecule has 1 aliphatic heterocycles. The van der Waals surface area contributed by atoms with Crippen LogP contribution in [0.5, 0.6) is 5.75 Å². The molecule has 4 aromatic rings. The van der Waals surface area contributed by atoms with E-state index in [1.807, 2.05) is 72.8 Å². The number of ether oxygens (including phenoxy) is 1. The Morgan fingerprint density at radius 2 is 1.71 bits per heavy atom. The predicted octanol–water partition coefficient (Wildman–Crippen LogP) is 5.14. The van der Waals surface area contributed by atoms with E-state index in [1.165, 1.54) is 0 Å². The first kappa shape index (κ1) is 19.8. The summed E-state index contributed by atoms with van der Waals surface area (Å²) in [5.41, 5.74) is 4.37. The van der Waals surface area contributed by atoms with Gasteiger partial charge in [0.1, 0.15) is 17.7 Å². The Morgan fingerprint density at radius 3 is 2.48 bits per heavy atom. The highest BCUT2D eigenvalue weighted by molar-refractivity contribution is 5.75. The maximum atomic E-state index is 11.3. The molecular formula is C26H27N3O2. The van der Waals surface area contributed by atoms with Gasteiger partial charge in [0.05, 0.1) is 17.1 Å². The van der Waals surface area contributed by atoms with Gasteiger partial charge >= 0.3 is 0 Å². The quantitative estimate of drug-likeness (QED) is 0.476. The molecule has 5 rings (SSSR count). The summed E-state index contributed by atoms with van der Waals surface area (Å²) in [4.78, 5) is 10.6. The van der Waals surface area contributed by atoms with E-state index < -0.39 is 6.10 Å². The lowest BCUT2D eigenvalue weighted by Gasteiger charge is -2.31. The number of nitrogens with one attached hydrogen (secondary N) is 1. The second kappa shape index (κ2) is 8.53. The van der Waals surface area contributed by atoms with Crippen molar-refractivity contribution >= 4 is 11.0 Å². The van der Waals surface area contributed by atoms with Gasteiger partial charge in [-0.3, -0.25) is 0 Å². The number of para-hydroxylation sites is 3. The number of benzene rings is 3. The van der Waals surface area contributed by atoms with Gasteiger partial charge in [-0.15, -0.1) is 0 Å². The molecule has 0 radical (unpaired) electrons. The van der Waals surface area contributed by atoms with Gasteiger partial charge in [-0.05, 0) is 37.6 Å². The van der Waals surface area contributed by atoms with Crippen LogP contribution >= 0.6 is 0 Å². The van der Waals surface area contributed by atoms with Gasteiger partial charge in [0.2, 0.25) is 0 Å². The van der Waals surface area contributed by atoms with E-state index in [-0.39, 0.29) is 11.9 Å². The summed E-state index contributed by atoms with van der Waals surface area (Å²) in [5.74, 6) is 0.965. The standard InChI is InChI=1S/C26H27N3O2/c1-29-16-14-19(15-17-29)31-25(26-27-22-12-5-6-13-23(22)28-26)21-11-7-10-20(24(21)30)18-8-3-2-4-9-18/h2-13,19,25,30H,14-17H2,1H3,(H,27,28). The molecule has 0 bridgehead atoms. The summed E-state index contributed by atoms with van der Waals surface area (Å²) in [6.07, 6.45) is 1.58. The highest BCUT2D eigenvalue weighted by Crippen LogP contribution is 2.39. The minimum absolute atomic E-state index is 0.120. The molecule has 1 aliphatic rings. The van der Waals surface area contributed by atoms with E-state index in [2.05, 4.69) is 16.9 Å². The number of nitrogens with zero attached hydrogens (tertiary/aromatic N) is 2. The fraction of sp³-hybridized carbons (Fsp3) is 0.269. The number of aromatic nitrogens is 2. The number of piperidine rings is 1. The zero-order chi connectivity index (χ0) is 21.2. The number of aromatic hydroxyl groups is 1. The van der Waals surface area contributed by atoms with Crippen LogP contribution in [0.2, 0.25) is 0 Å². The molecule has 5 heteroatoms. The molecule has 31 heavy (non-hydrogen) atoms. The van der Waals surface area contributed by atoms with E-state index in [0.29, 0.717) is 0 Å². The van der Waals surface area contributed by atoms with Gasteiger partial charge in [-0.25, -0.2) is 4.98 Å². The number of hydrogen-bond acceptors (Lipinski definition) is 4. The number of H-pyrrole nitrogens is 1. The van der Waals surface area contributed by atoms with Crippen LogP contribution < -0.4 is 0 Å². The van der Waals surface area contributed by atoms with E-state index in [1.54, 1.807) is 0 Å². The summed E-state index contributed by atoms with van der Waals surface area (Å²) in [6, 6.07) is 23.8. The third-order valence-electron chi connectivity index (χ3n) is 6.08. The average Bonchev–Trinajstić information content (AvgIpc) is 3.24. The molecule has 1 unspecified atom stereocenters. The van der Waals surface area contributed by atoms with E-state index in [0.717, 1.165) is 59.5 Å². The first-order valence-corrected chi connectivity index (χ1v) is 10.8. The summed E-state index contributed by atoms with van der Waals surface area (Å²) < 4.78 is 6.63. The minimum Gasteiger partial charge on any atom is -0.507 e. The lowest BCUT2D eigenvalue weighted by Crippen LogP contribution is -2.35. The Hall–Kier alpha value is -3.15. The summed E-state index contributed by atoms with van der Waals surface area (Å²) in [6.45, 7) is 2.01. The molecule has 1 saturated heterocycles. The van der Waals surface area contributed by atoms with Gasteiger partial charge < -0.3 is 19.7 Å².